The Morgan fingerprint density at radius 3 is 2.62 bits per heavy atom. The van der Waals surface area contributed by atoms with Gasteiger partial charge in [0.05, 0.1) is 12.1 Å². The Bertz CT molecular complexity index is 467. The second kappa shape index (κ2) is 8.15. The van der Waals surface area contributed by atoms with Crippen molar-refractivity contribution in [3.05, 3.63) is 22.8 Å². The zero-order valence-electron chi connectivity index (χ0n) is 13.1. The number of hydrogen-bond donors (Lipinski definition) is 1. The van der Waals surface area contributed by atoms with E-state index in [4.69, 9.17) is 4.74 Å². The number of methoxy groups -OCH3 is 1. The molecule has 0 bridgehead atoms. The normalized spacial score (nSPS) is 15.6. The molecular weight excluding hydrogens is 352 g/mol. The Labute approximate surface area is 139 Å². The van der Waals surface area contributed by atoms with Crippen LogP contribution in [0.1, 0.15) is 34.1 Å². The molecule has 0 fully saturated rings. The predicted molar refractivity (Wildman–Crippen MR) is 90.6 cm³/mol. The molecule has 2 unspecified atom stereocenters. The van der Waals surface area contributed by atoms with Crippen LogP contribution >= 0.6 is 27.7 Å². The molecule has 6 heteroatoms. The third-order valence-corrected chi connectivity index (χ3v) is 4.48. The van der Waals surface area contributed by atoms with Gasteiger partial charge in [0.1, 0.15) is 5.54 Å². The summed E-state index contributed by atoms with van der Waals surface area (Å²) in [7, 11) is 1.43. The first-order chi connectivity index (χ1) is 9.76. The molecule has 0 saturated heterocycles. The van der Waals surface area contributed by atoms with Crippen LogP contribution in [0.3, 0.4) is 0 Å². The lowest BCUT2D eigenvalue weighted by atomic mass is 9.95. The Kier molecular flexibility index (Phi) is 7.16. The topological polar surface area (TPSA) is 51.2 Å². The summed E-state index contributed by atoms with van der Waals surface area (Å²) < 4.78 is 5.91. The Morgan fingerprint density at radius 2 is 2.14 bits per heavy atom. The van der Waals surface area contributed by atoms with Crippen molar-refractivity contribution in [2.24, 2.45) is 0 Å². The molecule has 1 heterocycles. The largest absolute Gasteiger partial charge is 0.468 e. The number of carbonyl (C=O) groups excluding carboxylic acids is 1. The third-order valence-electron chi connectivity index (χ3n) is 2.96. The van der Waals surface area contributed by atoms with Gasteiger partial charge in [-0.2, -0.15) is 0 Å². The summed E-state index contributed by atoms with van der Waals surface area (Å²) in [6.45, 7) is 8.03. The number of carbonyl (C=O) groups is 1. The van der Waals surface area contributed by atoms with Crippen molar-refractivity contribution < 1.29 is 9.53 Å². The molecule has 21 heavy (non-hydrogen) atoms. The number of nitrogens with zero attached hydrogens (tertiary/aromatic N) is 1. The summed E-state index contributed by atoms with van der Waals surface area (Å²) >= 11 is 5.03. The first-order valence-corrected chi connectivity index (χ1v) is 8.58. The Hall–Kier alpha value is -0.590. The van der Waals surface area contributed by atoms with Crippen LogP contribution in [0.5, 0.6) is 0 Å². The second-order valence-corrected chi connectivity index (χ2v) is 7.94. The predicted octanol–water partition coefficient (Wildman–Crippen LogP) is 3.64. The molecular formula is C15H23BrN2O2S. The zero-order valence-corrected chi connectivity index (χ0v) is 15.5. The molecule has 0 aliphatic rings. The van der Waals surface area contributed by atoms with Gasteiger partial charge in [-0.1, -0.05) is 6.92 Å². The van der Waals surface area contributed by atoms with Crippen LogP contribution in [0.4, 0.5) is 0 Å². The Morgan fingerprint density at radius 1 is 1.48 bits per heavy atom. The highest BCUT2D eigenvalue weighted by Crippen LogP contribution is 2.29. The summed E-state index contributed by atoms with van der Waals surface area (Å²) in [4.78, 5) is 16.4. The van der Waals surface area contributed by atoms with Crippen molar-refractivity contribution >= 4 is 33.7 Å². The van der Waals surface area contributed by atoms with E-state index in [2.05, 4.69) is 33.2 Å². The summed E-state index contributed by atoms with van der Waals surface area (Å²) in [5.74, 6) is -0.229. The lowest BCUT2D eigenvalue weighted by Gasteiger charge is -2.32. The number of aromatic nitrogens is 1. The van der Waals surface area contributed by atoms with E-state index < -0.39 is 5.54 Å². The molecule has 0 amide bonds. The quantitative estimate of drug-likeness (QED) is 0.583. The van der Waals surface area contributed by atoms with E-state index in [1.54, 1.807) is 18.0 Å². The maximum absolute atomic E-state index is 12.1. The van der Waals surface area contributed by atoms with Crippen LogP contribution in [0, 0.1) is 0 Å². The van der Waals surface area contributed by atoms with Crippen molar-refractivity contribution in [2.75, 3.05) is 7.11 Å². The van der Waals surface area contributed by atoms with E-state index in [-0.39, 0.29) is 17.3 Å². The van der Waals surface area contributed by atoms with Gasteiger partial charge in [0.15, 0.2) is 0 Å². The maximum atomic E-state index is 12.1. The van der Waals surface area contributed by atoms with Gasteiger partial charge in [-0.25, -0.2) is 4.98 Å². The summed E-state index contributed by atoms with van der Waals surface area (Å²) in [5, 5.41) is 4.49. The standard InChI is InChI=1S/C15H23BrN2O2S/c1-10(2)18-15(4,14(19)20-5)8-11(3)21-13-7-6-12(16)9-17-13/h6-7,9-11,18H,8H2,1-5H3. The van der Waals surface area contributed by atoms with Crippen LogP contribution in [-0.4, -0.2) is 34.9 Å². The highest BCUT2D eigenvalue weighted by atomic mass is 79.9. The number of esters is 1. The molecule has 0 aromatic carbocycles. The molecule has 2 atom stereocenters. The smallest absolute Gasteiger partial charge is 0.325 e. The van der Waals surface area contributed by atoms with E-state index in [1.807, 2.05) is 32.9 Å². The van der Waals surface area contributed by atoms with E-state index in [1.165, 1.54) is 7.11 Å². The van der Waals surface area contributed by atoms with Gasteiger partial charge in [0.25, 0.3) is 0 Å². The van der Waals surface area contributed by atoms with Gasteiger partial charge in [-0.05, 0) is 55.3 Å². The van der Waals surface area contributed by atoms with Crippen LogP contribution in [0.15, 0.2) is 27.8 Å². The number of ether oxygens (including phenoxy) is 1. The second-order valence-electron chi connectivity index (χ2n) is 5.57. The monoisotopic (exact) mass is 374 g/mol. The van der Waals surface area contributed by atoms with Crippen molar-refractivity contribution in [1.29, 1.82) is 0 Å². The average molecular weight is 375 g/mol. The molecule has 118 valence electrons. The molecule has 1 aromatic heterocycles. The minimum Gasteiger partial charge on any atom is -0.468 e. The molecule has 0 aliphatic heterocycles. The van der Waals surface area contributed by atoms with Crippen molar-refractivity contribution in [2.45, 2.75) is 56.0 Å². The van der Waals surface area contributed by atoms with Crippen molar-refractivity contribution in [3.63, 3.8) is 0 Å². The van der Waals surface area contributed by atoms with Crippen molar-refractivity contribution in [3.8, 4) is 0 Å². The minimum atomic E-state index is -0.690. The number of thioether (sulfide) groups is 1. The van der Waals surface area contributed by atoms with E-state index in [0.29, 0.717) is 6.42 Å². The third kappa shape index (κ3) is 5.96. The van der Waals surface area contributed by atoms with E-state index in [0.717, 1.165) is 9.50 Å². The zero-order chi connectivity index (χ0) is 16.0. The highest BCUT2D eigenvalue weighted by Gasteiger charge is 2.36. The Balaban J connectivity index is 2.73. The van der Waals surface area contributed by atoms with Crippen LogP contribution in [-0.2, 0) is 9.53 Å². The number of pyridine rings is 1. The molecule has 4 nitrogen and oxygen atoms in total. The van der Waals surface area contributed by atoms with E-state index in [9.17, 15) is 4.79 Å². The SMILES string of the molecule is COC(=O)C(C)(CC(C)Sc1ccc(Br)cn1)NC(C)C. The van der Waals surface area contributed by atoms with Crippen LogP contribution in [0.2, 0.25) is 0 Å². The molecule has 0 radical (unpaired) electrons. The fourth-order valence-electron chi connectivity index (χ4n) is 2.32. The average Bonchev–Trinajstić information content (AvgIpc) is 2.39. The first-order valence-electron chi connectivity index (χ1n) is 6.91. The summed E-state index contributed by atoms with van der Waals surface area (Å²) in [5.41, 5.74) is -0.690. The van der Waals surface area contributed by atoms with Gasteiger partial charge in [-0.3, -0.25) is 10.1 Å². The molecule has 1 aromatic rings. The minimum absolute atomic E-state index is 0.206. The van der Waals surface area contributed by atoms with Crippen LogP contribution < -0.4 is 5.32 Å². The van der Waals surface area contributed by atoms with Gasteiger partial charge >= 0.3 is 5.97 Å². The number of halogens is 1. The number of hydrogen-bond acceptors (Lipinski definition) is 5. The molecule has 0 saturated carbocycles. The maximum Gasteiger partial charge on any atom is 0.325 e. The first kappa shape index (κ1) is 18.5. The van der Waals surface area contributed by atoms with Crippen molar-refractivity contribution in [1.82, 2.24) is 10.3 Å². The molecule has 0 spiro atoms. The molecule has 1 N–H and O–H groups in total. The fraction of sp³-hybridized carbons (Fsp3) is 0.600. The van der Waals surface area contributed by atoms with Gasteiger partial charge in [0, 0.05) is 22.0 Å². The van der Waals surface area contributed by atoms with Crippen LogP contribution in [0.25, 0.3) is 0 Å². The van der Waals surface area contributed by atoms with Gasteiger partial charge in [0.2, 0.25) is 0 Å². The van der Waals surface area contributed by atoms with Gasteiger partial charge < -0.3 is 4.74 Å². The lowest BCUT2D eigenvalue weighted by molar-refractivity contribution is -0.148. The number of rotatable bonds is 7. The molecule has 1 rings (SSSR count). The lowest BCUT2D eigenvalue weighted by Crippen LogP contribution is -2.54. The number of nitrogens with one attached hydrogen (secondary N) is 1. The summed E-state index contributed by atoms with van der Waals surface area (Å²) in [6.07, 6.45) is 2.45. The fourth-order valence-corrected chi connectivity index (χ4v) is 3.64. The highest BCUT2D eigenvalue weighted by molar-refractivity contribution is 9.10. The van der Waals surface area contributed by atoms with Gasteiger partial charge in [-0.15, -0.1) is 11.8 Å². The van der Waals surface area contributed by atoms with E-state index >= 15 is 0 Å². The molecule has 0 aliphatic carbocycles. The summed E-state index contributed by atoms with van der Waals surface area (Å²) in [6, 6.07) is 4.14.